The van der Waals surface area contributed by atoms with E-state index >= 15 is 0 Å². The molecule has 1 atom stereocenters. The van der Waals surface area contributed by atoms with Crippen LogP contribution in [0, 0.1) is 0 Å². The van der Waals surface area contributed by atoms with E-state index in [1.54, 1.807) is 25.3 Å². The average Bonchev–Trinajstić information content (AvgIpc) is 3.65. The topological polar surface area (TPSA) is 118 Å². The number of hydrogen-bond acceptors (Lipinski definition) is 7. The Morgan fingerprint density at radius 1 is 1.16 bits per heavy atom. The van der Waals surface area contributed by atoms with E-state index < -0.39 is 12.2 Å². The lowest BCUT2D eigenvalue weighted by atomic mass is 10.0. The summed E-state index contributed by atoms with van der Waals surface area (Å²) in [5.74, 6) is 1.02. The van der Waals surface area contributed by atoms with Crippen LogP contribution in [0.15, 0.2) is 59.8 Å². The van der Waals surface area contributed by atoms with Crippen LogP contribution in [0.2, 0.25) is 0 Å². The van der Waals surface area contributed by atoms with Crippen molar-refractivity contribution in [2.75, 3.05) is 12.4 Å². The molecule has 1 aliphatic heterocycles. The number of anilines is 1. The van der Waals surface area contributed by atoms with Crippen LogP contribution in [0.5, 0.6) is 11.5 Å². The molecule has 10 nitrogen and oxygen atoms in total. The van der Waals surface area contributed by atoms with Crippen LogP contribution in [0.4, 0.5) is 10.5 Å². The molecule has 2 aliphatic rings. The first-order chi connectivity index (χ1) is 18.5. The summed E-state index contributed by atoms with van der Waals surface area (Å²) in [4.78, 5) is 25.2. The van der Waals surface area contributed by atoms with E-state index in [9.17, 15) is 9.59 Å². The summed E-state index contributed by atoms with van der Waals surface area (Å²) < 4.78 is 17.6. The Morgan fingerprint density at radius 3 is 2.74 bits per heavy atom. The second-order valence-electron chi connectivity index (χ2n) is 9.34. The first kappa shape index (κ1) is 25.3. The molecule has 3 aromatic rings. The summed E-state index contributed by atoms with van der Waals surface area (Å²) in [7, 11) is 1.62. The minimum absolute atomic E-state index is 0.171. The molecule has 1 aromatic heterocycles. The van der Waals surface area contributed by atoms with Gasteiger partial charge in [-0.25, -0.2) is 4.79 Å². The molecule has 1 saturated carbocycles. The highest BCUT2D eigenvalue weighted by Gasteiger charge is 2.31. The Labute approximate surface area is 221 Å². The van der Waals surface area contributed by atoms with Crippen LogP contribution in [0.25, 0.3) is 0 Å². The number of hydrazone groups is 1. The zero-order valence-corrected chi connectivity index (χ0v) is 21.5. The lowest BCUT2D eigenvalue weighted by molar-refractivity contribution is 0.0712. The number of cyclic esters (lactones) is 1. The highest BCUT2D eigenvalue weighted by molar-refractivity contribution is 6.06. The fraction of sp³-hybridized carbons (Fsp3) is 0.357. The van der Waals surface area contributed by atoms with Crippen LogP contribution in [0.3, 0.4) is 0 Å². The van der Waals surface area contributed by atoms with Crippen molar-refractivity contribution in [3.05, 3.63) is 71.5 Å². The lowest BCUT2D eigenvalue weighted by Crippen LogP contribution is -2.41. The van der Waals surface area contributed by atoms with Crippen molar-refractivity contribution in [2.24, 2.45) is 5.10 Å². The van der Waals surface area contributed by atoms with Gasteiger partial charge in [0.1, 0.15) is 17.5 Å². The normalized spacial score (nSPS) is 17.6. The highest BCUT2D eigenvalue weighted by atomic mass is 16.6. The maximum Gasteiger partial charge on any atom is 0.431 e. The van der Waals surface area contributed by atoms with Crippen LogP contribution >= 0.6 is 0 Å². The molecular weight excluding hydrogens is 486 g/mol. The van der Waals surface area contributed by atoms with E-state index in [4.69, 9.17) is 19.3 Å². The molecule has 2 N–H and O–H groups in total. The molecule has 0 spiro atoms. The van der Waals surface area contributed by atoms with Crippen LogP contribution in [-0.4, -0.2) is 52.2 Å². The molecule has 5 rings (SSSR count). The summed E-state index contributed by atoms with van der Waals surface area (Å²) in [6.07, 6.45) is 5.64. The Bertz CT molecular complexity index is 1320. The van der Waals surface area contributed by atoms with Crippen molar-refractivity contribution >= 4 is 23.4 Å². The van der Waals surface area contributed by atoms with Gasteiger partial charge in [0.2, 0.25) is 0 Å². The zero-order chi connectivity index (χ0) is 26.5. The summed E-state index contributed by atoms with van der Waals surface area (Å²) in [5.41, 5.74) is 3.18. The Kier molecular flexibility index (Phi) is 7.57. The fourth-order valence-corrected chi connectivity index (χ4v) is 4.71. The van der Waals surface area contributed by atoms with Crippen molar-refractivity contribution in [1.29, 1.82) is 0 Å². The fourth-order valence-electron chi connectivity index (χ4n) is 4.71. The Balaban J connectivity index is 1.38. The number of benzene rings is 2. The third kappa shape index (κ3) is 5.64. The summed E-state index contributed by atoms with van der Waals surface area (Å²) in [5, 5.41) is 15.3. The molecular formula is C28H31N5O5. The summed E-state index contributed by atoms with van der Waals surface area (Å²) in [6.45, 7) is 2.13. The molecule has 1 unspecified atom stereocenters. The van der Waals surface area contributed by atoms with Gasteiger partial charge in [-0.3, -0.25) is 9.89 Å². The van der Waals surface area contributed by atoms with Gasteiger partial charge in [0, 0.05) is 17.4 Å². The summed E-state index contributed by atoms with van der Waals surface area (Å²) in [6, 6.07) is 14.5. The van der Waals surface area contributed by atoms with Gasteiger partial charge in [0.05, 0.1) is 19.8 Å². The van der Waals surface area contributed by atoms with E-state index in [0.29, 0.717) is 35.0 Å². The van der Waals surface area contributed by atoms with Gasteiger partial charge in [-0.05, 0) is 74.1 Å². The van der Waals surface area contributed by atoms with Crippen LogP contribution < -0.4 is 14.8 Å². The molecule has 0 bridgehead atoms. The minimum atomic E-state index is -0.525. The molecule has 0 radical (unpaired) electrons. The molecule has 38 heavy (non-hydrogen) atoms. The molecule has 2 heterocycles. The number of amides is 2. The average molecular weight is 518 g/mol. The zero-order valence-electron chi connectivity index (χ0n) is 21.5. The highest BCUT2D eigenvalue weighted by Crippen LogP contribution is 2.34. The quantitative estimate of drug-likeness (QED) is 0.406. The molecule has 2 amide bonds. The molecule has 1 aliphatic carbocycles. The van der Waals surface area contributed by atoms with Crippen LogP contribution in [0.1, 0.15) is 60.6 Å². The molecule has 1 fully saturated rings. The number of aromatic amines is 1. The smallest absolute Gasteiger partial charge is 0.431 e. The predicted molar refractivity (Wildman–Crippen MR) is 142 cm³/mol. The predicted octanol–water partition coefficient (Wildman–Crippen LogP) is 5.13. The largest absolute Gasteiger partial charge is 0.493 e. The van der Waals surface area contributed by atoms with E-state index in [1.165, 1.54) is 11.2 Å². The van der Waals surface area contributed by atoms with E-state index in [-0.39, 0.29) is 18.6 Å². The molecule has 2 aromatic carbocycles. The van der Waals surface area contributed by atoms with E-state index in [2.05, 4.69) is 15.5 Å². The SMILES string of the molecule is CCC1OC(=O)N(Cc2cccc(NC(=O)c3ccn[nH]3)c2)N=C1c1ccc(OC)c(OC2CCCC2)c1. The van der Waals surface area contributed by atoms with E-state index in [1.807, 2.05) is 37.3 Å². The second kappa shape index (κ2) is 11.4. The number of methoxy groups -OCH3 is 1. The number of carbonyl (C=O) groups is 2. The number of aromatic nitrogens is 2. The van der Waals surface area contributed by atoms with Gasteiger partial charge in [-0.15, -0.1) is 0 Å². The minimum Gasteiger partial charge on any atom is -0.493 e. The van der Waals surface area contributed by atoms with Crippen molar-refractivity contribution in [3.8, 4) is 11.5 Å². The summed E-state index contributed by atoms with van der Waals surface area (Å²) >= 11 is 0. The maximum atomic E-state index is 12.8. The lowest BCUT2D eigenvalue weighted by Gasteiger charge is -2.29. The van der Waals surface area contributed by atoms with Gasteiger partial charge in [-0.2, -0.15) is 15.2 Å². The first-order valence-electron chi connectivity index (χ1n) is 12.9. The third-order valence-corrected chi connectivity index (χ3v) is 6.68. The number of H-pyrrole nitrogens is 1. The Hall–Kier alpha value is -4.34. The standard InChI is InChI=1S/C28H31N5O5/c1-3-23-26(19-11-12-24(36-2)25(16-19)37-21-9-4-5-10-21)32-33(28(35)38-23)17-18-7-6-8-20(15-18)30-27(34)22-13-14-29-31-22/h6-8,11-16,21,23H,3-5,9-10,17H2,1-2H3,(H,29,31)(H,30,34). The van der Waals surface area contributed by atoms with Crippen molar-refractivity contribution in [3.63, 3.8) is 0 Å². The van der Waals surface area contributed by atoms with Gasteiger partial charge in [0.15, 0.2) is 11.5 Å². The van der Waals surface area contributed by atoms with Crippen molar-refractivity contribution < 1.29 is 23.8 Å². The first-order valence-corrected chi connectivity index (χ1v) is 12.9. The molecule has 198 valence electrons. The molecule has 0 saturated heterocycles. The van der Waals surface area contributed by atoms with Crippen molar-refractivity contribution in [1.82, 2.24) is 15.2 Å². The van der Waals surface area contributed by atoms with Gasteiger partial charge in [-0.1, -0.05) is 19.1 Å². The number of hydrogen-bond donors (Lipinski definition) is 2. The number of rotatable bonds is 9. The van der Waals surface area contributed by atoms with Gasteiger partial charge >= 0.3 is 6.09 Å². The maximum absolute atomic E-state index is 12.8. The van der Waals surface area contributed by atoms with Crippen molar-refractivity contribution in [2.45, 2.75) is 57.8 Å². The van der Waals surface area contributed by atoms with Crippen LogP contribution in [-0.2, 0) is 11.3 Å². The number of nitrogens with zero attached hydrogens (tertiary/aromatic N) is 3. The number of carbonyl (C=O) groups excluding carboxylic acids is 2. The van der Waals surface area contributed by atoms with Gasteiger partial charge < -0.3 is 19.5 Å². The third-order valence-electron chi connectivity index (χ3n) is 6.68. The number of nitrogens with one attached hydrogen (secondary N) is 2. The Morgan fingerprint density at radius 2 is 2.00 bits per heavy atom. The number of ether oxygens (including phenoxy) is 3. The van der Waals surface area contributed by atoms with Gasteiger partial charge in [0.25, 0.3) is 5.91 Å². The monoisotopic (exact) mass is 517 g/mol. The second-order valence-corrected chi connectivity index (χ2v) is 9.34. The molecule has 10 heteroatoms. The van der Waals surface area contributed by atoms with E-state index in [0.717, 1.165) is 36.8 Å².